The molecule has 18 heavy (non-hydrogen) atoms. The first kappa shape index (κ1) is 17.8. The number of rotatable bonds is 11. The molecule has 0 heterocycles. The summed E-state index contributed by atoms with van der Waals surface area (Å²) in [7, 11) is 0. The molecule has 0 aromatic rings. The van der Waals surface area contributed by atoms with Crippen molar-refractivity contribution in [3.05, 3.63) is 0 Å². The van der Waals surface area contributed by atoms with Gasteiger partial charge in [0.05, 0.1) is 6.61 Å². The number of unbranched alkanes of at least 4 members (excludes halogenated alkanes) is 1. The lowest BCUT2D eigenvalue weighted by Crippen LogP contribution is -2.51. The fourth-order valence-corrected chi connectivity index (χ4v) is 2.83. The van der Waals surface area contributed by atoms with Crippen LogP contribution in [0.5, 0.6) is 0 Å². The summed E-state index contributed by atoms with van der Waals surface area (Å²) in [6, 6.07) is 0. The molecule has 1 unspecified atom stereocenters. The molecule has 0 radical (unpaired) electrons. The zero-order chi connectivity index (χ0) is 13.9. The Morgan fingerprint density at radius 2 is 1.94 bits per heavy atom. The lowest BCUT2D eigenvalue weighted by molar-refractivity contribution is -0.150. The molecule has 1 atom stereocenters. The molecular weight excluding hydrogens is 246 g/mol. The van der Waals surface area contributed by atoms with Crippen LogP contribution < -0.4 is 5.32 Å². The van der Waals surface area contributed by atoms with Crippen LogP contribution >= 0.6 is 11.8 Å². The van der Waals surface area contributed by atoms with Crippen molar-refractivity contribution in [2.45, 2.75) is 58.9 Å². The molecule has 0 amide bonds. The number of esters is 1. The van der Waals surface area contributed by atoms with E-state index in [0.29, 0.717) is 6.61 Å². The van der Waals surface area contributed by atoms with Gasteiger partial charge < -0.3 is 10.1 Å². The molecule has 108 valence electrons. The van der Waals surface area contributed by atoms with Gasteiger partial charge in [-0.05, 0) is 51.2 Å². The van der Waals surface area contributed by atoms with Crippen molar-refractivity contribution in [2.75, 3.05) is 24.7 Å². The molecule has 0 saturated carbocycles. The largest absolute Gasteiger partial charge is 0.465 e. The maximum atomic E-state index is 12.0. The molecule has 0 spiro atoms. The minimum absolute atomic E-state index is 0.116. The van der Waals surface area contributed by atoms with Gasteiger partial charge in [-0.25, -0.2) is 0 Å². The lowest BCUT2D eigenvalue weighted by Gasteiger charge is -2.28. The Hall–Kier alpha value is -0.220. The van der Waals surface area contributed by atoms with Crippen LogP contribution in [0.1, 0.15) is 53.4 Å². The number of hydrogen-bond acceptors (Lipinski definition) is 4. The van der Waals surface area contributed by atoms with Gasteiger partial charge in [-0.15, -0.1) is 0 Å². The number of ether oxygens (including phenoxy) is 1. The molecule has 0 aromatic carbocycles. The molecule has 0 aromatic heterocycles. The molecule has 1 N–H and O–H groups in total. The second-order valence-electron chi connectivity index (χ2n) is 4.70. The molecule has 0 aliphatic heterocycles. The van der Waals surface area contributed by atoms with Gasteiger partial charge in [-0.2, -0.15) is 11.8 Å². The highest BCUT2D eigenvalue weighted by atomic mass is 32.2. The number of hydrogen-bond donors (Lipinski definition) is 1. The van der Waals surface area contributed by atoms with Crippen molar-refractivity contribution >= 4 is 17.7 Å². The van der Waals surface area contributed by atoms with Crippen molar-refractivity contribution < 1.29 is 9.53 Å². The van der Waals surface area contributed by atoms with Crippen LogP contribution in [0.4, 0.5) is 0 Å². The highest BCUT2D eigenvalue weighted by Gasteiger charge is 2.33. The first-order chi connectivity index (χ1) is 8.60. The average Bonchev–Trinajstić information content (AvgIpc) is 2.36. The molecule has 0 rings (SSSR count). The Labute approximate surface area is 116 Å². The van der Waals surface area contributed by atoms with Gasteiger partial charge >= 0.3 is 5.97 Å². The molecule has 0 aliphatic carbocycles. The summed E-state index contributed by atoms with van der Waals surface area (Å²) in [6.07, 6.45) is 4.34. The second-order valence-corrected chi connectivity index (χ2v) is 5.92. The zero-order valence-electron chi connectivity index (χ0n) is 12.4. The van der Waals surface area contributed by atoms with E-state index in [-0.39, 0.29) is 5.97 Å². The first-order valence-electron chi connectivity index (χ1n) is 7.10. The third-order valence-corrected chi connectivity index (χ3v) is 3.95. The SMILES string of the molecule is CCCCSCCC(C)(NCCC)C(=O)OCC. The van der Waals surface area contributed by atoms with E-state index in [1.165, 1.54) is 18.6 Å². The maximum Gasteiger partial charge on any atom is 0.326 e. The monoisotopic (exact) mass is 275 g/mol. The topological polar surface area (TPSA) is 38.3 Å². The Balaban J connectivity index is 4.15. The molecular formula is C14H29NO2S. The number of nitrogens with one attached hydrogen (secondary N) is 1. The Morgan fingerprint density at radius 1 is 1.22 bits per heavy atom. The first-order valence-corrected chi connectivity index (χ1v) is 8.26. The Morgan fingerprint density at radius 3 is 2.50 bits per heavy atom. The normalized spacial score (nSPS) is 14.2. The van der Waals surface area contributed by atoms with Crippen molar-refractivity contribution in [2.24, 2.45) is 0 Å². The fraction of sp³-hybridized carbons (Fsp3) is 0.929. The standard InChI is InChI=1S/C14H29NO2S/c1-5-8-11-18-12-9-14(4,15-10-6-2)13(16)17-7-3/h15H,5-12H2,1-4H3. The summed E-state index contributed by atoms with van der Waals surface area (Å²) in [5.41, 5.74) is -0.523. The zero-order valence-corrected chi connectivity index (χ0v) is 13.2. The predicted molar refractivity (Wildman–Crippen MR) is 80.2 cm³/mol. The van der Waals surface area contributed by atoms with Crippen LogP contribution in [0.15, 0.2) is 0 Å². The van der Waals surface area contributed by atoms with E-state index in [1.54, 1.807) is 0 Å². The third-order valence-electron chi connectivity index (χ3n) is 2.88. The van der Waals surface area contributed by atoms with Crippen LogP contribution in [0, 0.1) is 0 Å². The fourth-order valence-electron chi connectivity index (χ4n) is 1.58. The average molecular weight is 275 g/mol. The highest BCUT2D eigenvalue weighted by Crippen LogP contribution is 2.17. The van der Waals surface area contributed by atoms with Crippen molar-refractivity contribution in [3.8, 4) is 0 Å². The molecule has 3 nitrogen and oxygen atoms in total. The van der Waals surface area contributed by atoms with Crippen molar-refractivity contribution in [1.29, 1.82) is 0 Å². The van der Waals surface area contributed by atoms with Gasteiger partial charge in [0.15, 0.2) is 0 Å². The van der Waals surface area contributed by atoms with E-state index < -0.39 is 5.54 Å². The highest BCUT2D eigenvalue weighted by molar-refractivity contribution is 7.99. The summed E-state index contributed by atoms with van der Waals surface area (Å²) < 4.78 is 5.17. The summed E-state index contributed by atoms with van der Waals surface area (Å²) in [6.45, 7) is 9.43. The number of carbonyl (C=O) groups is 1. The molecule has 0 fully saturated rings. The van der Waals surface area contributed by atoms with Gasteiger partial charge in [0.2, 0.25) is 0 Å². The van der Waals surface area contributed by atoms with Gasteiger partial charge in [0.25, 0.3) is 0 Å². The van der Waals surface area contributed by atoms with Crippen LogP contribution in [0.3, 0.4) is 0 Å². The molecule has 0 saturated heterocycles. The maximum absolute atomic E-state index is 12.0. The quantitative estimate of drug-likeness (QED) is 0.464. The van der Waals surface area contributed by atoms with Crippen LogP contribution in [-0.4, -0.2) is 36.2 Å². The molecule has 0 aliphatic rings. The van der Waals surface area contributed by atoms with Gasteiger partial charge in [0.1, 0.15) is 5.54 Å². The smallest absolute Gasteiger partial charge is 0.326 e. The molecule has 0 bridgehead atoms. The number of thioether (sulfide) groups is 1. The van der Waals surface area contributed by atoms with E-state index in [1.807, 2.05) is 25.6 Å². The minimum atomic E-state index is -0.523. The van der Waals surface area contributed by atoms with Crippen molar-refractivity contribution in [3.63, 3.8) is 0 Å². The summed E-state index contributed by atoms with van der Waals surface area (Å²) in [5, 5.41) is 3.33. The van der Waals surface area contributed by atoms with E-state index in [4.69, 9.17) is 4.74 Å². The predicted octanol–water partition coefficient (Wildman–Crippen LogP) is 3.23. The second kappa shape index (κ2) is 10.7. The van der Waals surface area contributed by atoms with E-state index >= 15 is 0 Å². The Bertz CT molecular complexity index is 224. The van der Waals surface area contributed by atoms with Crippen LogP contribution in [0.2, 0.25) is 0 Å². The van der Waals surface area contributed by atoms with E-state index in [2.05, 4.69) is 19.2 Å². The van der Waals surface area contributed by atoms with Gasteiger partial charge in [-0.3, -0.25) is 4.79 Å². The van der Waals surface area contributed by atoms with Crippen LogP contribution in [-0.2, 0) is 9.53 Å². The summed E-state index contributed by atoms with van der Waals surface area (Å²) >= 11 is 1.93. The van der Waals surface area contributed by atoms with Gasteiger partial charge in [0, 0.05) is 0 Å². The summed E-state index contributed by atoms with van der Waals surface area (Å²) in [4.78, 5) is 12.0. The van der Waals surface area contributed by atoms with Crippen LogP contribution in [0.25, 0.3) is 0 Å². The third kappa shape index (κ3) is 7.27. The summed E-state index contributed by atoms with van der Waals surface area (Å²) in [5.74, 6) is 2.07. The van der Waals surface area contributed by atoms with E-state index in [0.717, 1.165) is 25.1 Å². The minimum Gasteiger partial charge on any atom is -0.465 e. The van der Waals surface area contributed by atoms with E-state index in [9.17, 15) is 4.79 Å². The number of carbonyl (C=O) groups excluding carboxylic acids is 1. The van der Waals surface area contributed by atoms with Gasteiger partial charge in [-0.1, -0.05) is 20.3 Å². The lowest BCUT2D eigenvalue weighted by atomic mass is 9.99. The van der Waals surface area contributed by atoms with Crippen molar-refractivity contribution in [1.82, 2.24) is 5.32 Å². The molecule has 4 heteroatoms. The Kier molecular flexibility index (Phi) is 10.5.